The molecule has 1 aromatic heterocycles. The third kappa shape index (κ3) is 6.48. The maximum Gasteiger partial charge on any atom is 0.243 e. The molecule has 1 heterocycles. The van der Waals surface area contributed by atoms with Gasteiger partial charge in [0.05, 0.1) is 24.0 Å². The number of anilines is 1. The van der Waals surface area contributed by atoms with E-state index in [0.717, 1.165) is 22.1 Å². The van der Waals surface area contributed by atoms with Gasteiger partial charge in [0, 0.05) is 17.3 Å². The molecule has 2 rings (SSSR count). The second kappa shape index (κ2) is 10.1. The second-order valence-corrected chi connectivity index (χ2v) is 9.28. The van der Waals surface area contributed by atoms with Crippen molar-refractivity contribution in [1.82, 2.24) is 5.32 Å². The van der Waals surface area contributed by atoms with E-state index in [9.17, 15) is 13.2 Å². The molecule has 1 atom stereocenters. The van der Waals surface area contributed by atoms with Crippen molar-refractivity contribution >= 4 is 45.0 Å². The van der Waals surface area contributed by atoms with E-state index in [4.69, 9.17) is 16.0 Å². The number of nitrogens with zero attached hydrogens (tertiary/aromatic N) is 1. The number of sulfonamides is 1. The predicted octanol–water partition coefficient (Wildman–Crippen LogP) is 3.53. The van der Waals surface area contributed by atoms with Crippen molar-refractivity contribution in [3.05, 3.63) is 53.4 Å². The largest absolute Gasteiger partial charge is 0.468 e. The summed E-state index contributed by atoms with van der Waals surface area (Å²) in [7, 11) is -3.64. The Morgan fingerprint density at radius 1 is 1.30 bits per heavy atom. The van der Waals surface area contributed by atoms with Crippen LogP contribution in [-0.2, 0) is 20.6 Å². The zero-order valence-electron chi connectivity index (χ0n) is 15.2. The first-order valence-electron chi connectivity index (χ1n) is 8.45. The highest BCUT2D eigenvalue weighted by Gasteiger charge is 2.31. The van der Waals surface area contributed by atoms with Gasteiger partial charge < -0.3 is 9.73 Å². The minimum Gasteiger partial charge on any atom is -0.468 e. The van der Waals surface area contributed by atoms with Crippen LogP contribution in [0.5, 0.6) is 0 Å². The highest BCUT2D eigenvalue weighted by Crippen LogP contribution is 2.24. The summed E-state index contributed by atoms with van der Waals surface area (Å²) in [5, 5.41) is 3.32. The van der Waals surface area contributed by atoms with Crippen LogP contribution >= 0.6 is 23.4 Å². The average molecular weight is 431 g/mol. The van der Waals surface area contributed by atoms with Gasteiger partial charge in [-0.1, -0.05) is 18.5 Å². The van der Waals surface area contributed by atoms with Crippen LogP contribution in [0.15, 0.2) is 47.1 Å². The summed E-state index contributed by atoms with van der Waals surface area (Å²) in [4.78, 5) is 12.6. The molecule has 1 unspecified atom stereocenters. The molecule has 1 aromatic carbocycles. The summed E-state index contributed by atoms with van der Waals surface area (Å²) < 4.78 is 31.1. The molecular weight excluding hydrogens is 408 g/mol. The Labute approximate surface area is 169 Å². The van der Waals surface area contributed by atoms with Crippen LogP contribution in [0.3, 0.4) is 0 Å². The summed E-state index contributed by atoms with van der Waals surface area (Å²) in [6, 6.07) is 9.30. The number of carbonyl (C=O) groups is 1. The standard InChI is InChI=1S/C18H23ClN2O4S2/c1-3-17(18(22)20-10-12-26-13-16-5-4-11-25-16)21(27(2,23)24)15-8-6-14(19)7-9-15/h4-9,11,17H,3,10,12-13H2,1-2H3,(H,20,22). The lowest BCUT2D eigenvalue weighted by molar-refractivity contribution is -0.122. The summed E-state index contributed by atoms with van der Waals surface area (Å²) in [6.07, 6.45) is 3.07. The zero-order chi connectivity index (χ0) is 19.9. The molecule has 9 heteroatoms. The van der Waals surface area contributed by atoms with Crippen LogP contribution in [0.1, 0.15) is 19.1 Å². The number of hydrogen-bond acceptors (Lipinski definition) is 5. The van der Waals surface area contributed by atoms with Crippen molar-refractivity contribution < 1.29 is 17.6 Å². The number of amides is 1. The Kier molecular flexibility index (Phi) is 8.07. The van der Waals surface area contributed by atoms with Crippen LogP contribution in [-0.4, -0.2) is 38.9 Å². The minimum absolute atomic E-state index is 0.323. The Balaban J connectivity index is 1.98. The molecule has 0 fully saturated rings. The topological polar surface area (TPSA) is 79.6 Å². The normalized spacial score (nSPS) is 12.6. The van der Waals surface area contributed by atoms with E-state index >= 15 is 0 Å². The van der Waals surface area contributed by atoms with Gasteiger partial charge in [-0.25, -0.2) is 8.42 Å². The number of thioether (sulfide) groups is 1. The number of carbonyl (C=O) groups excluding carboxylic acids is 1. The number of rotatable bonds is 10. The smallest absolute Gasteiger partial charge is 0.243 e. The molecule has 148 valence electrons. The summed E-state index contributed by atoms with van der Waals surface area (Å²) in [5.41, 5.74) is 0.413. The first-order chi connectivity index (χ1) is 12.8. The fourth-order valence-electron chi connectivity index (χ4n) is 2.58. The molecule has 0 bridgehead atoms. The van der Waals surface area contributed by atoms with E-state index in [2.05, 4.69) is 5.32 Å². The molecule has 0 aliphatic heterocycles. The van der Waals surface area contributed by atoms with Gasteiger partial charge in [0.1, 0.15) is 11.8 Å². The maximum atomic E-state index is 12.6. The van der Waals surface area contributed by atoms with Gasteiger partial charge in [0.2, 0.25) is 15.9 Å². The lowest BCUT2D eigenvalue weighted by Gasteiger charge is -2.30. The quantitative estimate of drug-likeness (QED) is 0.583. The van der Waals surface area contributed by atoms with Crippen LogP contribution in [0.4, 0.5) is 5.69 Å². The molecule has 27 heavy (non-hydrogen) atoms. The Morgan fingerprint density at radius 3 is 2.56 bits per heavy atom. The first kappa shape index (κ1) is 21.7. The van der Waals surface area contributed by atoms with E-state index in [1.807, 2.05) is 12.1 Å². The Bertz CT molecular complexity index is 824. The van der Waals surface area contributed by atoms with Gasteiger partial charge in [-0.05, 0) is 42.8 Å². The molecular formula is C18H23ClN2O4S2. The molecule has 0 aliphatic rings. The number of halogens is 1. The number of hydrogen-bond donors (Lipinski definition) is 1. The maximum absolute atomic E-state index is 12.6. The van der Waals surface area contributed by atoms with Crippen LogP contribution in [0, 0.1) is 0 Å². The van der Waals surface area contributed by atoms with Crippen molar-refractivity contribution in [3.8, 4) is 0 Å². The third-order valence-electron chi connectivity index (χ3n) is 3.78. The summed E-state index contributed by atoms with van der Waals surface area (Å²) >= 11 is 7.51. The molecule has 2 aromatic rings. The van der Waals surface area contributed by atoms with Crippen LogP contribution < -0.4 is 9.62 Å². The van der Waals surface area contributed by atoms with Gasteiger partial charge in [-0.2, -0.15) is 11.8 Å². The van der Waals surface area contributed by atoms with Crippen molar-refractivity contribution in [2.75, 3.05) is 22.9 Å². The Morgan fingerprint density at radius 2 is 2.00 bits per heavy atom. The number of nitrogens with one attached hydrogen (secondary N) is 1. The average Bonchev–Trinajstić information content (AvgIpc) is 3.12. The minimum atomic E-state index is -3.64. The van der Waals surface area contributed by atoms with Gasteiger partial charge in [-0.3, -0.25) is 9.10 Å². The SMILES string of the molecule is CCC(C(=O)NCCSCc1ccco1)N(c1ccc(Cl)cc1)S(C)(=O)=O. The van der Waals surface area contributed by atoms with Crippen molar-refractivity contribution in [2.24, 2.45) is 0 Å². The van der Waals surface area contributed by atoms with Crippen LogP contribution in [0.25, 0.3) is 0 Å². The van der Waals surface area contributed by atoms with E-state index in [1.54, 1.807) is 49.2 Å². The summed E-state index contributed by atoms with van der Waals surface area (Å²) in [5.74, 6) is 1.98. The van der Waals surface area contributed by atoms with Gasteiger partial charge in [0.15, 0.2) is 0 Å². The lowest BCUT2D eigenvalue weighted by atomic mass is 10.2. The highest BCUT2D eigenvalue weighted by atomic mass is 35.5. The van der Waals surface area contributed by atoms with E-state index < -0.39 is 16.1 Å². The van der Waals surface area contributed by atoms with E-state index in [1.165, 1.54) is 0 Å². The number of furan rings is 1. The van der Waals surface area contributed by atoms with Gasteiger partial charge in [0.25, 0.3) is 0 Å². The fraction of sp³-hybridized carbons (Fsp3) is 0.389. The second-order valence-electron chi connectivity index (χ2n) is 5.88. The molecule has 0 saturated heterocycles. The first-order valence-corrected chi connectivity index (χ1v) is 11.8. The van der Waals surface area contributed by atoms with Crippen molar-refractivity contribution in [3.63, 3.8) is 0 Å². The van der Waals surface area contributed by atoms with Gasteiger partial charge >= 0.3 is 0 Å². The number of benzene rings is 1. The molecule has 0 aliphatic carbocycles. The van der Waals surface area contributed by atoms with Crippen LogP contribution in [0.2, 0.25) is 5.02 Å². The van der Waals surface area contributed by atoms with Crippen molar-refractivity contribution in [2.45, 2.75) is 25.1 Å². The zero-order valence-corrected chi connectivity index (χ0v) is 17.6. The van der Waals surface area contributed by atoms with Crippen molar-refractivity contribution in [1.29, 1.82) is 0 Å². The molecule has 1 amide bonds. The monoisotopic (exact) mass is 430 g/mol. The Hall–Kier alpha value is -1.64. The molecule has 6 nitrogen and oxygen atoms in total. The molecule has 1 N–H and O–H groups in total. The highest BCUT2D eigenvalue weighted by molar-refractivity contribution is 7.98. The summed E-state index contributed by atoms with van der Waals surface area (Å²) in [6.45, 7) is 2.23. The predicted molar refractivity (Wildman–Crippen MR) is 111 cm³/mol. The fourth-order valence-corrected chi connectivity index (χ4v) is 4.67. The molecule has 0 spiro atoms. The van der Waals surface area contributed by atoms with E-state index in [-0.39, 0.29) is 5.91 Å². The molecule has 0 radical (unpaired) electrons. The van der Waals surface area contributed by atoms with E-state index in [0.29, 0.717) is 29.4 Å². The third-order valence-corrected chi connectivity index (χ3v) is 6.19. The molecule has 0 saturated carbocycles. The van der Waals surface area contributed by atoms with Gasteiger partial charge in [-0.15, -0.1) is 0 Å². The lowest BCUT2D eigenvalue weighted by Crippen LogP contribution is -2.49.